The van der Waals surface area contributed by atoms with Crippen LogP contribution in [0.5, 0.6) is 0 Å². The first-order valence-corrected chi connectivity index (χ1v) is 5.65. The van der Waals surface area contributed by atoms with Crippen LogP contribution in [-0.2, 0) is 9.59 Å². The average molecular weight is 210 g/mol. The molecule has 2 aliphatic rings. The number of nitrogens with two attached hydrogens (primary N) is 1. The van der Waals surface area contributed by atoms with E-state index in [0.717, 1.165) is 25.7 Å². The molecule has 0 aromatic rings. The van der Waals surface area contributed by atoms with E-state index >= 15 is 0 Å². The van der Waals surface area contributed by atoms with Crippen molar-refractivity contribution in [2.45, 2.75) is 45.1 Å². The van der Waals surface area contributed by atoms with Crippen molar-refractivity contribution in [3.8, 4) is 0 Å². The van der Waals surface area contributed by atoms with Crippen molar-refractivity contribution in [1.29, 1.82) is 0 Å². The van der Waals surface area contributed by atoms with Gasteiger partial charge in [0.15, 0.2) is 0 Å². The molecule has 1 aliphatic carbocycles. The number of carbonyl (C=O) groups excluding carboxylic acids is 2. The van der Waals surface area contributed by atoms with Crippen LogP contribution in [-0.4, -0.2) is 29.3 Å². The van der Waals surface area contributed by atoms with Gasteiger partial charge in [-0.2, -0.15) is 0 Å². The minimum absolute atomic E-state index is 0.0285. The molecule has 2 amide bonds. The molecule has 2 rings (SSSR count). The van der Waals surface area contributed by atoms with Crippen molar-refractivity contribution in [3.63, 3.8) is 0 Å². The monoisotopic (exact) mass is 210 g/mol. The molecule has 4 heteroatoms. The number of rotatable bonds is 2. The zero-order valence-corrected chi connectivity index (χ0v) is 9.16. The Morgan fingerprint density at radius 3 is 2.53 bits per heavy atom. The molecule has 0 aromatic heterocycles. The van der Waals surface area contributed by atoms with Gasteiger partial charge in [0.25, 0.3) is 0 Å². The zero-order valence-electron chi connectivity index (χ0n) is 9.16. The SMILES string of the molecule is CC(N)CN1C(=O)CC2(CCCC2)C1=O. The van der Waals surface area contributed by atoms with Crippen molar-refractivity contribution in [1.82, 2.24) is 4.90 Å². The van der Waals surface area contributed by atoms with Crippen LogP contribution in [0.4, 0.5) is 0 Å². The fourth-order valence-electron chi connectivity index (χ4n) is 2.78. The third-order valence-electron chi connectivity index (χ3n) is 3.52. The van der Waals surface area contributed by atoms with E-state index in [4.69, 9.17) is 5.73 Å². The van der Waals surface area contributed by atoms with E-state index in [1.165, 1.54) is 4.90 Å². The van der Waals surface area contributed by atoms with Crippen LogP contribution in [0.2, 0.25) is 0 Å². The number of hydrogen-bond donors (Lipinski definition) is 1. The quantitative estimate of drug-likeness (QED) is 0.681. The van der Waals surface area contributed by atoms with Crippen LogP contribution in [0.25, 0.3) is 0 Å². The lowest BCUT2D eigenvalue weighted by atomic mass is 9.84. The molecule has 0 aromatic carbocycles. The highest BCUT2D eigenvalue weighted by Gasteiger charge is 2.52. The normalized spacial score (nSPS) is 26.7. The van der Waals surface area contributed by atoms with Crippen molar-refractivity contribution in [3.05, 3.63) is 0 Å². The van der Waals surface area contributed by atoms with E-state index in [2.05, 4.69) is 0 Å². The summed E-state index contributed by atoms with van der Waals surface area (Å²) in [5, 5.41) is 0. The first-order chi connectivity index (χ1) is 7.05. The summed E-state index contributed by atoms with van der Waals surface area (Å²) < 4.78 is 0. The van der Waals surface area contributed by atoms with E-state index in [1.54, 1.807) is 0 Å². The molecule has 2 N–H and O–H groups in total. The first kappa shape index (κ1) is 10.6. The molecule has 1 heterocycles. The van der Waals surface area contributed by atoms with E-state index in [9.17, 15) is 9.59 Å². The highest BCUT2D eigenvalue weighted by atomic mass is 16.2. The molecular formula is C11H18N2O2. The molecule has 84 valence electrons. The van der Waals surface area contributed by atoms with Gasteiger partial charge in [0.1, 0.15) is 0 Å². The summed E-state index contributed by atoms with van der Waals surface area (Å²) in [4.78, 5) is 25.2. The Morgan fingerprint density at radius 2 is 2.00 bits per heavy atom. The van der Waals surface area contributed by atoms with Crippen molar-refractivity contribution in [2.24, 2.45) is 11.1 Å². The minimum atomic E-state index is -0.341. The Kier molecular flexibility index (Phi) is 2.54. The molecule has 4 nitrogen and oxygen atoms in total. The summed E-state index contributed by atoms with van der Waals surface area (Å²) in [6, 6.07) is -0.130. The second-order valence-corrected chi connectivity index (χ2v) is 4.95. The van der Waals surface area contributed by atoms with Gasteiger partial charge < -0.3 is 5.73 Å². The van der Waals surface area contributed by atoms with Crippen LogP contribution in [0.1, 0.15) is 39.0 Å². The standard InChI is InChI=1S/C11H18N2O2/c1-8(12)7-13-9(14)6-11(10(13)15)4-2-3-5-11/h8H,2-7,12H2,1H3. The molecule has 1 aliphatic heterocycles. The summed E-state index contributed by atoms with van der Waals surface area (Å²) in [5.41, 5.74) is 5.30. The number of carbonyl (C=O) groups is 2. The number of amides is 2. The van der Waals surface area contributed by atoms with Crippen LogP contribution in [0.15, 0.2) is 0 Å². The summed E-state index contributed by atoms with van der Waals surface area (Å²) in [6.45, 7) is 2.19. The maximum Gasteiger partial charge on any atom is 0.235 e. The Labute approximate surface area is 89.8 Å². The van der Waals surface area contributed by atoms with E-state index < -0.39 is 0 Å². The van der Waals surface area contributed by atoms with Gasteiger partial charge in [0.05, 0.1) is 5.41 Å². The highest BCUT2D eigenvalue weighted by Crippen LogP contribution is 2.46. The maximum absolute atomic E-state index is 12.1. The predicted molar refractivity (Wildman–Crippen MR) is 55.9 cm³/mol. The second kappa shape index (κ2) is 3.59. The van der Waals surface area contributed by atoms with Crippen LogP contribution >= 0.6 is 0 Å². The molecule has 2 fully saturated rings. The lowest BCUT2D eigenvalue weighted by Crippen LogP contribution is -2.41. The smallest absolute Gasteiger partial charge is 0.235 e. The fraction of sp³-hybridized carbons (Fsp3) is 0.818. The highest BCUT2D eigenvalue weighted by molar-refractivity contribution is 6.06. The number of hydrogen-bond acceptors (Lipinski definition) is 3. The van der Waals surface area contributed by atoms with Gasteiger partial charge in [-0.15, -0.1) is 0 Å². The van der Waals surface area contributed by atoms with Crippen LogP contribution in [0, 0.1) is 5.41 Å². The third-order valence-corrected chi connectivity index (χ3v) is 3.52. The molecule has 15 heavy (non-hydrogen) atoms. The maximum atomic E-state index is 12.1. The van der Waals surface area contributed by atoms with Crippen molar-refractivity contribution in [2.75, 3.05) is 6.54 Å². The van der Waals surface area contributed by atoms with Gasteiger partial charge in [0, 0.05) is 19.0 Å². The first-order valence-electron chi connectivity index (χ1n) is 5.65. The van der Waals surface area contributed by atoms with Gasteiger partial charge >= 0.3 is 0 Å². The third kappa shape index (κ3) is 1.67. The lowest BCUT2D eigenvalue weighted by molar-refractivity contribution is -0.141. The molecule has 1 spiro atoms. The minimum Gasteiger partial charge on any atom is -0.326 e. The summed E-state index contributed by atoms with van der Waals surface area (Å²) in [7, 11) is 0. The molecule has 1 atom stereocenters. The number of likely N-dealkylation sites (tertiary alicyclic amines) is 1. The second-order valence-electron chi connectivity index (χ2n) is 4.95. The topological polar surface area (TPSA) is 63.4 Å². The number of nitrogens with zero attached hydrogens (tertiary/aromatic N) is 1. The summed E-state index contributed by atoms with van der Waals surface area (Å²) in [6.07, 6.45) is 4.33. The Balaban J connectivity index is 2.15. The van der Waals surface area contributed by atoms with Crippen LogP contribution in [0.3, 0.4) is 0 Å². The average Bonchev–Trinajstić information content (AvgIpc) is 2.69. The zero-order chi connectivity index (χ0) is 11.1. The van der Waals surface area contributed by atoms with Crippen molar-refractivity contribution >= 4 is 11.8 Å². The largest absolute Gasteiger partial charge is 0.326 e. The molecule has 1 saturated heterocycles. The Morgan fingerprint density at radius 1 is 1.40 bits per heavy atom. The van der Waals surface area contributed by atoms with Crippen molar-refractivity contribution < 1.29 is 9.59 Å². The fourth-order valence-corrected chi connectivity index (χ4v) is 2.78. The van der Waals surface area contributed by atoms with Gasteiger partial charge in [-0.05, 0) is 19.8 Å². The van der Waals surface area contributed by atoms with E-state index in [-0.39, 0.29) is 23.3 Å². The van der Waals surface area contributed by atoms with Gasteiger partial charge in [-0.3, -0.25) is 14.5 Å². The predicted octanol–water partition coefficient (Wildman–Crippen LogP) is 0.653. The number of imide groups is 1. The van der Waals surface area contributed by atoms with Crippen LogP contribution < -0.4 is 5.73 Å². The Hall–Kier alpha value is -0.900. The molecule has 1 saturated carbocycles. The molecule has 0 radical (unpaired) electrons. The lowest BCUT2D eigenvalue weighted by Gasteiger charge is -2.21. The Bertz CT molecular complexity index is 293. The van der Waals surface area contributed by atoms with E-state index in [0.29, 0.717) is 13.0 Å². The summed E-state index contributed by atoms with van der Waals surface area (Å²) in [5.74, 6) is 0.00139. The van der Waals surface area contributed by atoms with E-state index in [1.807, 2.05) is 6.92 Å². The van der Waals surface area contributed by atoms with Gasteiger partial charge in [-0.25, -0.2) is 0 Å². The molecule has 1 unspecified atom stereocenters. The molecule has 0 bridgehead atoms. The summed E-state index contributed by atoms with van der Waals surface area (Å²) >= 11 is 0. The van der Waals surface area contributed by atoms with Gasteiger partial charge in [-0.1, -0.05) is 12.8 Å². The molecular weight excluding hydrogens is 192 g/mol. The van der Waals surface area contributed by atoms with Gasteiger partial charge in [0.2, 0.25) is 11.8 Å².